The van der Waals surface area contributed by atoms with Crippen molar-refractivity contribution in [2.45, 2.75) is 13.5 Å². The Morgan fingerprint density at radius 3 is 2.36 bits per heavy atom. The Hall–Kier alpha value is -4.23. The zero-order valence-corrected chi connectivity index (χ0v) is 20.4. The molecule has 2 N–H and O–H groups in total. The van der Waals surface area contributed by atoms with Gasteiger partial charge in [-0.25, -0.2) is 9.97 Å². The molecule has 0 aliphatic carbocycles. The van der Waals surface area contributed by atoms with Crippen LogP contribution in [0.5, 0.6) is 0 Å². The van der Waals surface area contributed by atoms with E-state index >= 15 is 0 Å². The monoisotopic (exact) mass is 478 g/mol. The first-order valence-electron chi connectivity index (χ1n) is 12.2. The molecular weight excluding hydrogens is 448 g/mol. The lowest BCUT2D eigenvalue weighted by Crippen LogP contribution is -2.45. The molecule has 1 aromatic heterocycles. The van der Waals surface area contributed by atoms with E-state index in [2.05, 4.69) is 85.0 Å². The molecule has 3 aromatic carbocycles. The number of amides is 1. The third-order valence-corrected chi connectivity index (χ3v) is 6.27. The second-order valence-electron chi connectivity index (χ2n) is 8.97. The zero-order chi connectivity index (χ0) is 24.7. The van der Waals surface area contributed by atoms with Crippen LogP contribution in [0.1, 0.15) is 12.5 Å². The van der Waals surface area contributed by atoms with Crippen LogP contribution in [-0.4, -0.2) is 47.0 Å². The predicted octanol–water partition coefficient (Wildman–Crippen LogP) is 5.17. The highest BCUT2D eigenvalue weighted by atomic mass is 16.1. The summed E-state index contributed by atoms with van der Waals surface area (Å²) in [6.45, 7) is 6.66. The highest BCUT2D eigenvalue weighted by Gasteiger charge is 2.17. The Bertz CT molecular complexity index is 1300. The van der Waals surface area contributed by atoms with Crippen LogP contribution in [0.3, 0.4) is 0 Å². The molecule has 1 aliphatic heterocycles. The van der Waals surface area contributed by atoms with E-state index < -0.39 is 0 Å². The molecule has 1 amide bonds. The molecule has 36 heavy (non-hydrogen) atoms. The molecule has 1 fully saturated rings. The fraction of sp³-hybridized carbons (Fsp3) is 0.207. The maximum absolute atomic E-state index is 11.4. The third kappa shape index (κ3) is 6.06. The first kappa shape index (κ1) is 23.5. The van der Waals surface area contributed by atoms with Gasteiger partial charge in [-0.15, -0.1) is 0 Å². The lowest BCUT2D eigenvalue weighted by molar-refractivity contribution is -0.114. The summed E-state index contributed by atoms with van der Waals surface area (Å²) in [5.41, 5.74) is 6.01. The van der Waals surface area contributed by atoms with Gasteiger partial charge in [0.2, 0.25) is 5.91 Å². The smallest absolute Gasteiger partial charge is 0.221 e. The molecule has 1 aliphatic rings. The Morgan fingerprint density at radius 1 is 0.833 bits per heavy atom. The van der Waals surface area contributed by atoms with Crippen molar-refractivity contribution in [1.29, 1.82) is 0 Å². The van der Waals surface area contributed by atoms with Gasteiger partial charge in [0.25, 0.3) is 0 Å². The van der Waals surface area contributed by atoms with E-state index in [0.29, 0.717) is 5.82 Å². The normalized spacial score (nSPS) is 13.9. The summed E-state index contributed by atoms with van der Waals surface area (Å²) < 4.78 is 0. The minimum absolute atomic E-state index is 0.102. The number of nitrogens with one attached hydrogen (secondary N) is 2. The number of rotatable bonds is 7. The highest BCUT2D eigenvalue weighted by molar-refractivity contribution is 5.89. The molecule has 4 aromatic rings. The van der Waals surface area contributed by atoms with Crippen LogP contribution in [0.4, 0.5) is 22.9 Å². The molecule has 0 bridgehead atoms. The van der Waals surface area contributed by atoms with Gasteiger partial charge in [-0.05, 0) is 42.0 Å². The lowest BCUT2D eigenvalue weighted by atomic mass is 10.1. The van der Waals surface area contributed by atoms with Gasteiger partial charge in [0.15, 0.2) is 0 Å². The van der Waals surface area contributed by atoms with Crippen molar-refractivity contribution in [2.75, 3.05) is 41.7 Å². The summed E-state index contributed by atoms with van der Waals surface area (Å²) in [6, 6.07) is 28.7. The minimum Gasteiger partial charge on any atom is -0.369 e. The molecule has 0 unspecified atom stereocenters. The Labute approximate surface area is 211 Å². The molecule has 2 heterocycles. The summed E-state index contributed by atoms with van der Waals surface area (Å²) in [5.74, 6) is 0.613. The molecule has 0 atom stereocenters. The fourth-order valence-electron chi connectivity index (χ4n) is 4.45. The number of hydrogen-bond donors (Lipinski definition) is 2. The van der Waals surface area contributed by atoms with Gasteiger partial charge in [0, 0.05) is 68.3 Å². The quantitative estimate of drug-likeness (QED) is 0.382. The SMILES string of the molecule is CC(=O)Nc1cccc(-c2cc(Nc3ccc(N4CCN(Cc5ccccc5)CC4)cc3)ncn2)c1. The topological polar surface area (TPSA) is 73.4 Å². The summed E-state index contributed by atoms with van der Waals surface area (Å²) in [6.07, 6.45) is 1.55. The fourth-order valence-corrected chi connectivity index (χ4v) is 4.45. The number of carbonyl (C=O) groups is 1. The molecule has 7 nitrogen and oxygen atoms in total. The molecule has 0 spiro atoms. The van der Waals surface area contributed by atoms with Crippen molar-refractivity contribution in [3.8, 4) is 11.3 Å². The van der Waals surface area contributed by atoms with Gasteiger partial charge in [-0.1, -0.05) is 42.5 Å². The van der Waals surface area contributed by atoms with Crippen LogP contribution in [0.15, 0.2) is 91.3 Å². The molecule has 0 radical (unpaired) electrons. The summed E-state index contributed by atoms with van der Waals surface area (Å²) in [4.78, 5) is 25.1. The van der Waals surface area contributed by atoms with E-state index in [1.54, 1.807) is 6.33 Å². The van der Waals surface area contributed by atoms with Crippen molar-refractivity contribution < 1.29 is 4.79 Å². The molecule has 5 rings (SSSR count). The number of aromatic nitrogens is 2. The number of hydrogen-bond acceptors (Lipinski definition) is 6. The Kier molecular flexibility index (Phi) is 7.19. The van der Waals surface area contributed by atoms with Crippen LogP contribution >= 0.6 is 0 Å². The molecule has 182 valence electrons. The van der Waals surface area contributed by atoms with Crippen molar-refractivity contribution >= 4 is 28.8 Å². The molecule has 1 saturated heterocycles. The van der Waals surface area contributed by atoms with Gasteiger partial charge >= 0.3 is 0 Å². The van der Waals surface area contributed by atoms with Gasteiger partial charge in [0.1, 0.15) is 12.1 Å². The third-order valence-electron chi connectivity index (χ3n) is 6.27. The van der Waals surface area contributed by atoms with E-state index in [-0.39, 0.29) is 5.91 Å². The average molecular weight is 479 g/mol. The van der Waals surface area contributed by atoms with Crippen LogP contribution < -0.4 is 15.5 Å². The van der Waals surface area contributed by atoms with Crippen LogP contribution in [0.25, 0.3) is 11.3 Å². The van der Waals surface area contributed by atoms with Gasteiger partial charge in [-0.3, -0.25) is 9.69 Å². The summed E-state index contributed by atoms with van der Waals surface area (Å²) in [5, 5.41) is 6.19. The molecular formula is C29H30N6O. The number of nitrogens with zero attached hydrogens (tertiary/aromatic N) is 4. The summed E-state index contributed by atoms with van der Waals surface area (Å²) >= 11 is 0. The van der Waals surface area contributed by atoms with Gasteiger partial charge in [0.05, 0.1) is 5.69 Å². The van der Waals surface area contributed by atoms with E-state index in [9.17, 15) is 4.79 Å². The van der Waals surface area contributed by atoms with Crippen molar-refractivity contribution in [3.05, 3.63) is 96.8 Å². The molecule has 0 saturated carbocycles. The van der Waals surface area contributed by atoms with E-state index in [0.717, 1.165) is 55.4 Å². The van der Waals surface area contributed by atoms with Gasteiger partial charge in [-0.2, -0.15) is 0 Å². The van der Waals surface area contributed by atoms with Crippen molar-refractivity contribution in [2.24, 2.45) is 0 Å². The number of carbonyl (C=O) groups excluding carboxylic acids is 1. The van der Waals surface area contributed by atoms with Crippen LogP contribution in [0.2, 0.25) is 0 Å². The van der Waals surface area contributed by atoms with Gasteiger partial charge < -0.3 is 15.5 Å². The second kappa shape index (κ2) is 11.0. The van der Waals surface area contributed by atoms with Crippen molar-refractivity contribution in [3.63, 3.8) is 0 Å². The standard InChI is InChI=1S/C29H30N6O/c1-22(36)32-26-9-5-8-24(18-26)28-19-29(31-21-30-28)33-25-10-12-27(13-11-25)35-16-14-34(15-17-35)20-23-6-3-2-4-7-23/h2-13,18-19,21H,14-17,20H2,1H3,(H,32,36)(H,30,31,33). The molecule has 7 heteroatoms. The summed E-state index contributed by atoms with van der Waals surface area (Å²) in [7, 11) is 0. The maximum atomic E-state index is 11.4. The number of benzene rings is 3. The van der Waals surface area contributed by atoms with Crippen LogP contribution in [0, 0.1) is 0 Å². The van der Waals surface area contributed by atoms with E-state index in [1.165, 1.54) is 18.2 Å². The zero-order valence-electron chi connectivity index (χ0n) is 20.4. The van der Waals surface area contributed by atoms with E-state index in [4.69, 9.17) is 0 Å². The predicted molar refractivity (Wildman–Crippen MR) is 145 cm³/mol. The highest BCUT2D eigenvalue weighted by Crippen LogP contribution is 2.25. The largest absolute Gasteiger partial charge is 0.369 e. The maximum Gasteiger partial charge on any atom is 0.221 e. The minimum atomic E-state index is -0.102. The first-order chi connectivity index (χ1) is 17.6. The van der Waals surface area contributed by atoms with E-state index in [1.807, 2.05) is 30.3 Å². The van der Waals surface area contributed by atoms with Crippen LogP contribution in [-0.2, 0) is 11.3 Å². The van der Waals surface area contributed by atoms with Crippen molar-refractivity contribution in [1.82, 2.24) is 14.9 Å². The number of piperazine rings is 1. The second-order valence-corrected chi connectivity index (χ2v) is 8.97. The Morgan fingerprint density at radius 2 is 1.61 bits per heavy atom. The lowest BCUT2D eigenvalue weighted by Gasteiger charge is -2.36. The number of anilines is 4. The Balaban J connectivity index is 1.19. The average Bonchev–Trinajstić information content (AvgIpc) is 2.90. The first-order valence-corrected chi connectivity index (χ1v) is 12.2.